The van der Waals surface area contributed by atoms with E-state index in [2.05, 4.69) is 16.0 Å². The zero-order chi connectivity index (χ0) is 23.1. The molecule has 3 N–H and O–H groups in total. The molecule has 0 spiro atoms. The van der Waals surface area contributed by atoms with Crippen LogP contribution in [-0.4, -0.2) is 32.6 Å². The van der Waals surface area contributed by atoms with Gasteiger partial charge in [0, 0.05) is 22.5 Å². The summed E-state index contributed by atoms with van der Waals surface area (Å²) in [7, 11) is 2.97. The van der Waals surface area contributed by atoms with E-state index < -0.39 is 0 Å². The van der Waals surface area contributed by atoms with E-state index in [9.17, 15) is 9.59 Å². The average molecular weight is 474 g/mol. The molecule has 0 atom stereocenters. The molecular formula is C23H21Cl2N3O4. The standard InChI is InChI=1S/C23H21Cl2N3O4/c1-31-20-12-21(32-2)19(11-17(20)25)28-22(29)13-26-18-6-4-3-5-16(18)23(30)27-15-9-7-14(24)8-10-15/h3-12,26H,13H2,1-2H3,(H,27,30)(H,28,29). The van der Waals surface area contributed by atoms with Crippen molar-refractivity contribution in [3.8, 4) is 11.5 Å². The van der Waals surface area contributed by atoms with Crippen molar-refractivity contribution in [1.82, 2.24) is 0 Å². The first-order valence-electron chi connectivity index (χ1n) is 9.52. The van der Waals surface area contributed by atoms with Gasteiger partial charge >= 0.3 is 0 Å². The van der Waals surface area contributed by atoms with Gasteiger partial charge in [-0.3, -0.25) is 9.59 Å². The molecule has 2 amide bonds. The van der Waals surface area contributed by atoms with Crippen LogP contribution < -0.4 is 25.4 Å². The molecule has 7 nitrogen and oxygen atoms in total. The Bertz CT molecular complexity index is 1120. The lowest BCUT2D eigenvalue weighted by Gasteiger charge is -2.15. The highest BCUT2D eigenvalue weighted by Crippen LogP contribution is 2.35. The number of carbonyl (C=O) groups is 2. The molecule has 32 heavy (non-hydrogen) atoms. The van der Waals surface area contributed by atoms with Crippen molar-refractivity contribution >= 4 is 52.1 Å². The smallest absolute Gasteiger partial charge is 0.257 e. The van der Waals surface area contributed by atoms with Crippen molar-refractivity contribution in [1.29, 1.82) is 0 Å². The highest BCUT2D eigenvalue weighted by atomic mass is 35.5. The number of nitrogens with one attached hydrogen (secondary N) is 3. The molecule has 0 radical (unpaired) electrons. The van der Waals surface area contributed by atoms with Crippen LogP contribution in [0.15, 0.2) is 60.7 Å². The largest absolute Gasteiger partial charge is 0.495 e. The van der Waals surface area contributed by atoms with Gasteiger partial charge in [-0.05, 0) is 42.5 Å². The van der Waals surface area contributed by atoms with Gasteiger partial charge in [-0.15, -0.1) is 0 Å². The minimum Gasteiger partial charge on any atom is -0.495 e. The van der Waals surface area contributed by atoms with Crippen LogP contribution in [0.4, 0.5) is 17.1 Å². The zero-order valence-corrected chi connectivity index (χ0v) is 18.9. The van der Waals surface area contributed by atoms with E-state index in [0.29, 0.717) is 44.2 Å². The van der Waals surface area contributed by atoms with Crippen molar-refractivity contribution in [2.45, 2.75) is 0 Å². The maximum absolute atomic E-state index is 12.7. The topological polar surface area (TPSA) is 88.7 Å². The van der Waals surface area contributed by atoms with Crippen LogP contribution in [0.25, 0.3) is 0 Å². The van der Waals surface area contributed by atoms with Gasteiger partial charge < -0.3 is 25.4 Å². The van der Waals surface area contributed by atoms with Crippen molar-refractivity contribution in [3.05, 3.63) is 76.3 Å². The minimum absolute atomic E-state index is 0.0853. The van der Waals surface area contributed by atoms with Crippen LogP contribution in [-0.2, 0) is 4.79 Å². The lowest BCUT2D eigenvalue weighted by molar-refractivity contribution is -0.114. The summed E-state index contributed by atoms with van der Waals surface area (Å²) in [6.45, 7) is -0.0853. The second-order valence-electron chi connectivity index (χ2n) is 6.60. The van der Waals surface area contributed by atoms with Gasteiger partial charge in [-0.1, -0.05) is 35.3 Å². The van der Waals surface area contributed by atoms with Gasteiger partial charge in [-0.2, -0.15) is 0 Å². The summed E-state index contributed by atoms with van der Waals surface area (Å²) in [4.78, 5) is 25.2. The second-order valence-corrected chi connectivity index (χ2v) is 7.44. The van der Waals surface area contributed by atoms with Crippen molar-refractivity contribution < 1.29 is 19.1 Å². The van der Waals surface area contributed by atoms with E-state index >= 15 is 0 Å². The maximum Gasteiger partial charge on any atom is 0.257 e. The first kappa shape index (κ1) is 23.2. The number of anilines is 3. The highest BCUT2D eigenvalue weighted by molar-refractivity contribution is 6.32. The molecule has 0 unspecified atom stereocenters. The third kappa shape index (κ3) is 5.84. The monoisotopic (exact) mass is 473 g/mol. The van der Waals surface area contributed by atoms with E-state index in [0.717, 1.165) is 0 Å². The Labute approximate surface area is 195 Å². The molecule has 9 heteroatoms. The number of hydrogen-bond donors (Lipinski definition) is 3. The van der Waals surface area contributed by atoms with Gasteiger partial charge in [0.1, 0.15) is 11.5 Å². The number of rotatable bonds is 8. The van der Waals surface area contributed by atoms with E-state index in [1.807, 2.05) is 0 Å². The number of halogens is 2. The molecule has 0 saturated heterocycles. The summed E-state index contributed by atoms with van der Waals surface area (Å²) >= 11 is 12.0. The first-order chi connectivity index (χ1) is 15.4. The lowest BCUT2D eigenvalue weighted by Crippen LogP contribution is -2.23. The van der Waals surface area contributed by atoms with E-state index in [1.165, 1.54) is 14.2 Å². The molecule has 3 aromatic rings. The Hall–Kier alpha value is -3.42. The second kappa shape index (κ2) is 10.7. The summed E-state index contributed by atoms with van der Waals surface area (Å²) in [6.07, 6.45) is 0. The number of para-hydroxylation sites is 1. The summed E-state index contributed by atoms with van der Waals surface area (Å²) < 4.78 is 10.4. The maximum atomic E-state index is 12.7. The van der Waals surface area contributed by atoms with Crippen LogP contribution in [0, 0.1) is 0 Å². The molecule has 0 bridgehead atoms. The van der Waals surface area contributed by atoms with E-state index in [-0.39, 0.29) is 18.4 Å². The molecule has 0 heterocycles. The quantitative estimate of drug-likeness (QED) is 0.412. The van der Waals surface area contributed by atoms with Crippen LogP contribution in [0.2, 0.25) is 10.0 Å². The van der Waals surface area contributed by atoms with Gasteiger partial charge in [0.15, 0.2) is 0 Å². The van der Waals surface area contributed by atoms with Crippen LogP contribution >= 0.6 is 23.2 Å². The predicted octanol–water partition coefficient (Wildman–Crippen LogP) is 5.31. The molecule has 0 fully saturated rings. The molecule has 166 valence electrons. The van der Waals surface area contributed by atoms with Crippen LogP contribution in [0.1, 0.15) is 10.4 Å². The molecule has 3 aromatic carbocycles. The number of benzene rings is 3. The fourth-order valence-corrected chi connectivity index (χ4v) is 3.26. The lowest BCUT2D eigenvalue weighted by atomic mass is 10.1. The normalized spacial score (nSPS) is 10.2. The Morgan fingerprint density at radius 3 is 2.22 bits per heavy atom. The third-order valence-corrected chi connectivity index (χ3v) is 5.01. The minimum atomic E-state index is -0.350. The number of ether oxygens (including phenoxy) is 2. The fraction of sp³-hybridized carbons (Fsp3) is 0.130. The van der Waals surface area contributed by atoms with E-state index in [1.54, 1.807) is 60.7 Å². The van der Waals surface area contributed by atoms with Crippen molar-refractivity contribution in [2.24, 2.45) is 0 Å². The summed E-state index contributed by atoms with van der Waals surface area (Å²) in [6, 6.07) is 16.8. The average Bonchev–Trinajstić information content (AvgIpc) is 2.79. The molecule has 0 saturated carbocycles. The van der Waals surface area contributed by atoms with Gasteiger partial charge in [-0.25, -0.2) is 0 Å². The summed E-state index contributed by atoms with van der Waals surface area (Å²) in [5.74, 6) is 0.166. The van der Waals surface area contributed by atoms with Gasteiger partial charge in [0.2, 0.25) is 5.91 Å². The first-order valence-corrected chi connectivity index (χ1v) is 10.3. The highest BCUT2D eigenvalue weighted by Gasteiger charge is 2.15. The summed E-state index contributed by atoms with van der Waals surface area (Å²) in [5, 5.41) is 9.44. The van der Waals surface area contributed by atoms with Gasteiger partial charge in [0.25, 0.3) is 5.91 Å². The molecule has 0 aliphatic heterocycles. The number of amides is 2. The Balaban J connectivity index is 1.67. The Morgan fingerprint density at radius 1 is 0.844 bits per heavy atom. The SMILES string of the molecule is COc1cc(OC)c(NC(=O)CNc2ccccc2C(=O)Nc2ccc(Cl)cc2)cc1Cl. The molecular weight excluding hydrogens is 453 g/mol. The van der Waals surface area contributed by atoms with Crippen LogP contribution in [0.3, 0.4) is 0 Å². The van der Waals surface area contributed by atoms with E-state index in [4.69, 9.17) is 32.7 Å². The summed E-state index contributed by atoms with van der Waals surface area (Å²) in [5.41, 5.74) is 1.91. The number of hydrogen-bond acceptors (Lipinski definition) is 5. The molecule has 0 aromatic heterocycles. The van der Waals surface area contributed by atoms with Crippen molar-refractivity contribution in [2.75, 3.05) is 36.7 Å². The Kier molecular flexibility index (Phi) is 7.81. The zero-order valence-electron chi connectivity index (χ0n) is 17.4. The number of methoxy groups -OCH3 is 2. The molecule has 0 aliphatic rings. The number of carbonyl (C=O) groups excluding carboxylic acids is 2. The Morgan fingerprint density at radius 2 is 1.53 bits per heavy atom. The van der Waals surface area contributed by atoms with Gasteiger partial charge in [0.05, 0.1) is 37.0 Å². The van der Waals surface area contributed by atoms with Crippen molar-refractivity contribution in [3.63, 3.8) is 0 Å². The van der Waals surface area contributed by atoms with Crippen LogP contribution in [0.5, 0.6) is 11.5 Å². The third-order valence-electron chi connectivity index (χ3n) is 4.46. The molecule has 3 rings (SSSR count). The fourth-order valence-electron chi connectivity index (χ4n) is 2.89. The predicted molar refractivity (Wildman–Crippen MR) is 128 cm³/mol. The molecule has 0 aliphatic carbocycles.